The van der Waals surface area contributed by atoms with Gasteiger partial charge >= 0.3 is 0 Å². The topological polar surface area (TPSA) is 15.3 Å². The van der Waals surface area contributed by atoms with Gasteiger partial charge < -0.3 is 10.2 Å². The molecular weight excluding hydrogens is 231 g/mol. The number of nitrogens with one attached hydrogen (secondary N) is 1. The Morgan fingerprint density at radius 2 is 2.07 bits per heavy atom. The van der Waals surface area contributed by atoms with Gasteiger partial charge in [-0.15, -0.1) is 12.4 Å². The van der Waals surface area contributed by atoms with Crippen LogP contribution >= 0.6 is 24.0 Å². The second-order valence-electron chi connectivity index (χ2n) is 3.90. The number of benzene rings is 1. The summed E-state index contributed by atoms with van der Waals surface area (Å²) in [4.78, 5) is 2.06. The third-order valence-corrected chi connectivity index (χ3v) is 3.03. The standard InChI is InChI=1S/C11H15ClN2.ClH/c1-14(2)8-3-4-9(10(12)7-8)11-5-6-13-11;/h3-4,7,11,13H,5-6H2,1-2H3;1H/t11-;/m0./s1. The van der Waals surface area contributed by atoms with Crippen molar-refractivity contribution < 1.29 is 0 Å². The molecule has 1 aliphatic rings. The van der Waals surface area contributed by atoms with Crippen molar-refractivity contribution in [2.75, 3.05) is 25.5 Å². The fourth-order valence-corrected chi connectivity index (χ4v) is 1.94. The molecule has 0 spiro atoms. The van der Waals surface area contributed by atoms with Crippen molar-refractivity contribution in [3.63, 3.8) is 0 Å². The van der Waals surface area contributed by atoms with Crippen LogP contribution in [0.5, 0.6) is 0 Å². The SMILES string of the molecule is CN(C)c1ccc([C@@H]2CCN2)c(Cl)c1.Cl. The highest BCUT2D eigenvalue weighted by molar-refractivity contribution is 6.31. The Hall–Kier alpha value is -0.440. The third-order valence-electron chi connectivity index (χ3n) is 2.70. The van der Waals surface area contributed by atoms with E-state index in [1.54, 1.807) is 0 Å². The summed E-state index contributed by atoms with van der Waals surface area (Å²) in [5.41, 5.74) is 2.38. The Bertz CT molecular complexity index is 335. The van der Waals surface area contributed by atoms with Crippen LogP contribution in [0.2, 0.25) is 5.02 Å². The van der Waals surface area contributed by atoms with E-state index in [1.165, 1.54) is 12.0 Å². The average molecular weight is 247 g/mol. The van der Waals surface area contributed by atoms with E-state index in [-0.39, 0.29) is 12.4 Å². The summed E-state index contributed by atoms with van der Waals surface area (Å²) in [6.07, 6.45) is 1.20. The highest BCUT2D eigenvalue weighted by Gasteiger charge is 2.20. The largest absolute Gasteiger partial charge is 0.378 e. The molecule has 1 aliphatic heterocycles. The number of rotatable bonds is 2. The van der Waals surface area contributed by atoms with E-state index in [9.17, 15) is 0 Å². The lowest BCUT2D eigenvalue weighted by atomic mass is 9.98. The molecule has 1 aromatic rings. The Kier molecular flexibility index (Phi) is 4.26. The van der Waals surface area contributed by atoms with Crippen molar-refractivity contribution in [3.8, 4) is 0 Å². The van der Waals surface area contributed by atoms with E-state index >= 15 is 0 Å². The van der Waals surface area contributed by atoms with Gasteiger partial charge in [0.25, 0.3) is 0 Å². The fraction of sp³-hybridized carbons (Fsp3) is 0.455. The Labute approximate surface area is 102 Å². The molecule has 4 heteroatoms. The van der Waals surface area contributed by atoms with Gasteiger partial charge in [-0.05, 0) is 30.7 Å². The molecule has 1 aromatic carbocycles. The van der Waals surface area contributed by atoms with Gasteiger partial charge in [-0.3, -0.25) is 0 Å². The molecular formula is C11H16Cl2N2. The molecule has 0 saturated carbocycles. The maximum atomic E-state index is 6.21. The number of anilines is 1. The summed E-state index contributed by atoms with van der Waals surface area (Å²) < 4.78 is 0. The molecule has 0 aliphatic carbocycles. The number of hydrogen-bond donors (Lipinski definition) is 1. The number of hydrogen-bond acceptors (Lipinski definition) is 2. The van der Waals surface area contributed by atoms with Crippen molar-refractivity contribution in [2.45, 2.75) is 12.5 Å². The van der Waals surface area contributed by atoms with E-state index in [0.717, 1.165) is 17.3 Å². The van der Waals surface area contributed by atoms with Crippen LogP contribution in [0.15, 0.2) is 18.2 Å². The van der Waals surface area contributed by atoms with Gasteiger partial charge in [0.05, 0.1) is 0 Å². The van der Waals surface area contributed by atoms with Gasteiger partial charge in [-0.1, -0.05) is 17.7 Å². The Balaban J connectivity index is 0.00000112. The minimum absolute atomic E-state index is 0. The van der Waals surface area contributed by atoms with E-state index in [0.29, 0.717) is 6.04 Å². The molecule has 1 saturated heterocycles. The lowest BCUT2D eigenvalue weighted by Gasteiger charge is -2.29. The summed E-state index contributed by atoms with van der Waals surface area (Å²) in [7, 11) is 4.04. The lowest BCUT2D eigenvalue weighted by molar-refractivity contribution is 0.383. The van der Waals surface area contributed by atoms with Crippen molar-refractivity contribution in [1.82, 2.24) is 5.32 Å². The van der Waals surface area contributed by atoms with Gasteiger partial charge in [0, 0.05) is 30.8 Å². The summed E-state index contributed by atoms with van der Waals surface area (Å²) in [5, 5.41) is 4.22. The normalized spacial score (nSPS) is 19.0. The molecule has 1 fully saturated rings. The van der Waals surface area contributed by atoms with Crippen LogP contribution in [0.4, 0.5) is 5.69 Å². The molecule has 2 rings (SSSR count). The van der Waals surface area contributed by atoms with Gasteiger partial charge in [0.15, 0.2) is 0 Å². The molecule has 0 unspecified atom stereocenters. The first-order chi connectivity index (χ1) is 6.68. The molecule has 0 radical (unpaired) electrons. The number of halogens is 2. The second kappa shape index (κ2) is 5.06. The maximum Gasteiger partial charge on any atom is 0.0474 e. The second-order valence-corrected chi connectivity index (χ2v) is 4.30. The van der Waals surface area contributed by atoms with Crippen molar-refractivity contribution in [3.05, 3.63) is 28.8 Å². The van der Waals surface area contributed by atoms with Crippen LogP contribution in [0.1, 0.15) is 18.0 Å². The zero-order valence-electron chi connectivity index (χ0n) is 8.96. The molecule has 0 bridgehead atoms. The van der Waals surface area contributed by atoms with Gasteiger partial charge in [-0.25, -0.2) is 0 Å². The molecule has 1 N–H and O–H groups in total. The van der Waals surface area contributed by atoms with Gasteiger partial charge in [0.1, 0.15) is 0 Å². The zero-order valence-corrected chi connectivity index (χ0v) is 10.5. The van der Waals surface area contributed by atoms with Crippen LogP contribution in [-0.2, 0) is 0 Å². The molecule has 2 nitrogen and oxygen atoms in total. The predicted octanol–water partition coefficient (Wildman–Crippen LogP) is 2.86. The Morgan fingerprint density at radius 1 is 1.40 bits per heavy atom. The van der Waals surface area contributed by atoms with Crippen LogP contribution < -0.4 is 10.2 Å². The zero-order chi connectivity index (χ0) is 10.1. The lowest BCUT2D eigenvalue weighted by Crippen LogP contribution is -2.35. The molecule has 1 atom stereocenters. The average Bonchev–Trinajstić information content (AvgIpc) is 2.04. The summed E-state index contributed by atoms with van der Waals surface area (Å²) in [6, 6.07) is 6.73. The summed E-state index contributed by atoms with van der Waals surface area (Å²) in [6.45, 7) is 1.11. The monoisotopic (exact) mass is 246 g/mol. The highest BCUT2D eigenvalue weighted by Crippen LogP contribution is 2.31. The minimum atomic E-state index is 0. The smallest absolute Gasteiger partial charge is 0.0474 e. The van der Waals surface area contributed by atoms with Crippen LogP contribution in [0.25, 0.3) is 0 Å². The van der Waals surface area contributed by atoms with E-state index in [4.69, 9.17) is 11.6 Å². The van der Waals surface area contributed by atoms with Crippen molar-refractivity contribution in [2.24, 2.45) is 0 Å². The minimum Gasteiger partial charge on any atom is -0.378 e. The van der Waals surface area contributed by atoms with Crippen LogP contribution in [-0.4, -0.2) is 20.6 Å². The fourth-order valence-electron chi connectivity index (χ4n) is 1.63. The maximum absolute atomic E-state index is 6.21. The Morgan fingerprint density at radius 3 is 2.47 bits per heavy atom. The third kappa shape index (κ3) is 2.57. The quantitative estimate of drug-likeness (QED) is 0.864. The van der Waals surface area contributed by atoms with Crippen LogP contribution in [0.3, 0.4) is 0 Å². The first kappa shape index (κ1) is 12.6. The molecule has 15 heavy (non-hydrogen) atoms. The molecule has 0 aromatic heterocycles. The highest BCUT2D eigenvalue weighted by atomic mass is 35.5. The van der Waals surface area contributed by atoms with Crippen LogP contribution in [0, 0.1) is 0 Å². The van der Waals surface area contributed by atoms with E-state index in [1.807, 2.05) is 20.2 Å². The first-order valence-corrected chi connectivity index (χ1v) is 5.26. The van der Waals surface area contributed by atoms with Gasteiger partial charge in [0.2, 0.25) is 0 Å². The molecule has 84 valence electrons. The molecule has 0 amide bonds. The number of nitrogens with zero attached hydrogens (tertiary/aromatic N) is 1. The first-order valence-electron chi connectivity index (χ1n) is 4.88. The van der Waals surface area contributed by atoms with E-state index < -0.39 is 0 Å². The predicted molar refractivity (Wildman–Crippen MR) is 68.4 cm³/mol. The summed E-state index contributed by atoms with van der Waals surface area (Å²) in [5.74, 6) is 0. The summed E-state index contributed by atoms with van der Waals surface area (Å²) >= 11 is 6.21. The van der Waals surface area contributed by atoms with Crippen molar-refractivity contribution in [1.29, 1.82) is 0 Å². The van der Waals surface area contributed by atoms with Crippen molar-refractivity contribution >= 4 is 29.7 Å². The van der Waals surface area contributed by atoms with E-state index in [2.05, 4.69) is 22.3 Å². The molecule has 1 heterocycles. The van der Waals surface area contributed by atoms with Gasteiger partial charge in [-0.2, -0.15) is 0 Å².